The van der Waals surface area contributed by atoms with E-state index >= 15 is 0 Å². The normalized spacial score (nSPS) is 14.1. The Morgan fingerprint density at radius 1 is 1.00 bits per heavy atom. The van der Waals surface area contributed by atoms with Crippen molar-refractivity contribution in [2.24, 2.45) is 0 Å². The molecule has 0 heterocycles. The standard InChI is InChI=1S/C23H31NO2/c1-6-22(26-19(3)25)23(17-18(2)24(4)5,20-13-9-7-10-14-20)21-15-11-8-12-16-21/h7-16,18,22H,6,17H2,1-5H3/p+1/t18-,22?/m0/s1. The Labute approximate surface area is 158 Å². The summed E-state index contributed by atoms with van der Waals surface area (Å²) in [6, 6.07) is 21.4. The van der Waals surface area contributed by atoms with Gasteiger partial charge in [0.15, 0.2) is 0 Å². The molecule has 0 amide bonds. The van der Waals surface area contributed by atoms with Gasteiger partial charge in [-0.05, 0) is 24.5 Å². The van der Waals surface area contributed by atoms with Crippen molar-refractivity contribution in [2.45, 2.75) is 51.2 Å². The molecule has 0 radical (unpaired) electrons. The van der Waals surface area contributed by atoms with Crippen LogP contribution < -0.4 is 4.90 Å². The van der Waals surface area contributed by atoms with E-state index in [2.05, 4.69) is 76.5 Å². The number of carbonyl (C=O) groups is 1. The Balaban J connectivity index is 2.71. The summed E-state index contributed by atoms with van der Waals surface area (Å²) in [5, 5.41) is 0. The van der Waals surface area contributed by atoms with Crippen LogP contribution in [-0.4, -0.2) is 32.2 Å². The van der Waals surface area contributed by atoms with Gasteiger partial charge in [0.2, 0.25) is 0 Å². The highest BCUT2D eigenvalue weighted by molar-refractivity contribution is 5.66. The lowest BCUT2D eigenvalue weighted by Crippen LogP contribution is -3.09. The Hall–Kier alpha value is -2.13. The van der Waals surface area contributed by atoms with Gasteiger partial charge in [0.25, 0.3) is 0 Å². The maximum atomic E-state index is 11.9. The van der Waals surface area contributed by atoms with E-state index in [1.807, 2.05) is 12.1 Å². The number of benzene rings is 2. The molecule has 0 spiro atoms. The second-order valence-electron chi connectivity index (χ2n) is 7.39. The van der Waals surface area contributed by atoms with Gasteiger partial charge in [0.1, 0.15) is 6.10 Å². The minimum Gasteiger partial charge on any atom is -0.461 e. The van der Waals surface area contributed by atoms with Crippen molar-refractivity contribution in [3.8, 4) is 0 Å². The Kier molecular flexibility index (Phi) is 6.98. The first kappa shape index (κ1) is 20.2. The highest BCUT2D eigenvalue weighted by Crippen LogP contribution is 2.42. The molecule has 26 heavy (non-hydrogen) atoms. The van der Waals surface area contributed by atoms with Crippen LogP contribution in [0.1, 0.15) is 44.7 Å². The highest BCUT2D eigenvalue weighted by Gasteiger charge is 2.45. The molecular formula is C23H32NO2+. The lowest BCUT2D eigenvalue weighted by atomic mass is 9.66. The molecule has 2 aromatic rings. The summed E-state index contributed by atoms with van der Waals surface area (Å²) in [5.74, 6) is -0.224. The lowest BCUT2D eigenvalue weighted by Gasteiger charge is -2.42. The van der Waals surface area contributed by atoms with Gasteiger partial charge in [-0.25, -0.2) is 0 Å². The summed E-state index contributed by atoms with van der Waals surface area (Å²) in [6.45, 7) is 5.86. The average molecular weight is 355 g/mol. The lowest BCUT2D eigenvalue weighted by molar-refractivity contribution is -0.884. The maximum Gasteiger partial charge on any atom is 0.302 e. The third-order valence-electron chi connectivity index (χ3n) is 5.42. The monoisotopic (exact) mass is 354 g/mol. The molecule has 1 unspecified atom stereocenters. The number of esters is 1. The molecule has 2 rings (SSSR count). The van der Waals surface area contributed by atoms with Crippen molar-refractivity contribution in [1.29, 1.82) is 0 Å². The first-order valence-corrected chi connectivity index (χ1v) is 9.50. The van der Waals surface area contributed by atoms with E-state index in [1.54, 1.807) is 0 Å². The Morgan fingerprint density at radius 3 is 1.81 bits per heavy atom. The maximum absolute atomic E-state index is 11.9. The fraction of sp³-hybridized carbons (Fsp3) is 0.435. The average Bonchev–Trinajstić information content (AvgIpc) is 2.65. The molecule has 0 bridgehead atoms. The Bertz CT molecular complexity index is 642. The minimum atomic E-state index is -0.375. The largest absolute Gasteiger partial charge is 0.461 e. The summed E-state index contributed by atoms with van der Waals surface area (Å²) in [7, 11) is 4.36. The third kappa shape index (κ3) is 4.34. The van der Waals surface area contributed by atoms with E-state index in [0.29, 0.717) is 6.04 Å². The second-order valence-corrected chi connectivity index (χ2v) is 7.39. The van der Waals surface area contributed by atoms with Crippen molar-refractivity contribution in [2.75, 3.05) is 14.1 Å². The molecule has 0 saturated heterocycles. The molecule has 2 aromatic carbocycles. The number of carbonyl (C=O) groups excluding carboxylic acids is 1. The van der Waals surface area contributed by atoms with Gasteiger partial charge in [-0.3, -0.25) is 4.79 Å². The van der Waals surface area contributed by atoms with E-state index in [1.165, 1.54) is 23.0 Å². The molecule has 3 heteroatoms. The van der Waals surface area contributed by atoms with E-state index in [9.17, 15) is 4.79 Å². The SMILES string of the molecule is CCC(OC(C)=O)C(C[C@H](C)[NH+](C)C)(c1ccccc1)c1ccccc1. The van der Waals surface area contributed by atoms with Crippen molar-refractivity contribution in [3.63, 3.8) is 0 Å². The summed E-state index contributed by atoms with van der Waals surface area (Å²) < 4.78 is 5.91. The van der Waals surface area contributed by atoms with Crippen LogP contribution in [0.2, 0.25) is 0 Å². The topological polar surface area (TPSA) is 30.7 Å². The first-order valence-electron chi connectivity index (χ1n) is 9.50. The summed E-state index contributed by atoms with van der Waals surface area (Å²) in [4.78, 5) is 13.3. The van der Waals surface area contributed by atoms with Crippen LogP contribution in [0.4, 0.5) is 0 Å². The van der Waals surface area contributed by atoms with E-state index in [-0.39, 0.29) is 17.5 Å². The van der Waals surface area contributed by atoms with Crippen LogP contribution in [-0.2, 0) is 14.9 Å². The van der Waals surface area contributed by atoms with Gasteiger partial charge in [-0.2, -0.15) is 0 Å². The zero-order valence-corrected chi connectivity index (χ0v) is 16.7. The first-order chi connectivity index (χ1) is 12.4. The molecule has 0 saturated carbocycles. The summed E-state index contributed by atoms with van der Waals surface area (Å²) in [6.07, 6.45) is 1.44. The smallest absolute Gasteiger partial charge is 0.302 e. The van der Waals surface area contributed by atoms with Crippen LogP contribution >= 0.6 is 0 Å². The van der Waals surface area contributed by atoms with Crippen LogP contribution in [0.25, 0.3) is 0 Å². The van der Waals surface area contributed by atoms with E-state index < -0.39 is 0 Å². The number of hydrogen-bond acceptors (Lipinski definition) is 2. The van der Waals surface area contributed by atoms with Crippen molar-refractivity contribution in [3.05, 3.63) is 71.8 Å². The van der Waals surface area contributed by atoms with Gasteiger partial charge in [0.05, 0.1) is 25.6 Å². The molecule has 0 fully saturated rings. The molecule has 0 aliphatic heterocycles. The molecular weight excluding hydrogens is 322 g/mol. The summed E-state index contributed by atoms with van der Waals surface area (Å²) in [5.41, 5.74) is 2.03. The molecule has 0 aliphatic carbocycles. The molecule has 1 N–H and O–H groups in total. The van der Waals surface area contributed by atoms with Crippen molar-refractivity contribution < 1.29 is 14.4 Å². The van der Waals surface area contributed by atoms with E-state index in [0.717, 1.165) is 12.8 Å². The zero-order chi connectivity index (χ0) is 19.2. The van der Waals surface area contributed by atoms with Crippen LogP contribution in [0.5, 0.6) is 0 Å². The fourth-order valence-electron chi connectivity index (χ4n) is 3.80. The van der Waals surface area contributed by atoms with Gasteiger partial charge in [0, 0.05) is 13.3 Å². The molecule has 140 valence electrons. The molecule has 2 atom stereocenters. The molecule has 0 aliphatic rings. The van der Waals surface area contributed by atoms with Gasteiger partial charge >= 0.3 is 5.97 Å². The highest BCUT2D eigenvalue weighted by atomic mass is 16.5. The van der Waals surface area contributed by atoms with Crippen LogP contribution in [0.3, 0.4) is 0 Å². The van der Waals surface area contributed by atoms with Crippen molar-refractivity contribution >= 4 is 5.97 Å². The third-order valence-corrected chi connectivity index (χ3v) is 5.42. The second kappa shape index (κ2) is 9.00. The quantitative estimate of drug-likeness (QED) is 0.738. The van der Waals surface area contributed by atoms with Crippen LogP contribution in [0.15, 0.2) is 60.7 Å². The van der Waals surface area contributed by atoms with Gasteiger partial charge in [-0.15, -0.1) is 0 Å². The van der Waals surface area contributed by atoms with E-state index in [4.69, 9.17) is 4.74 Å². The van der Waals surface area contributed by atoms with Crippen LogP contribution in [0, 0.1) is 0 Å². The summed E-state index contributed by atoms with van der Waals surface area (Å²) >= 11 is 0. The number of quaternary nitrogens is 1. The number of ether oxygens (including phenoxy) is 1. The molecule has 0 aromatic heterocycles. The molecule has 3 nitrogen and oxygen atoms in total. The minimum absolute atomic E-state index is 0.216. The van der Waals surface area contributed by atoms with Gasteiger partial charge in [-0.1, -0.05) is 67.6 Å². The Morgan fingerprint density at radius 2 is 1.46 bits per heavy atom. The van der Waals surface area contributed by atoms with Gasteiger partial charge < -0.3 is 9.64 Å². The zero-order valence-electron chi connectivity index (χ0n) is 16.7. The number of rotatable bonds is 8. The predicted molar refractivity (Wildman–Crippen MR) is 106 cm³/mol. The van der Waals surface area contributed by atoms with Crippen molar-refractivity contribution in [1.82, 2.24) is 0 Å². The fourth-order valence-corrected chi connectivity index (χ4v) is 3.80. The number of nitrogens with one attached hydrogen (secondary N) is 1. The predicted octanol–water partition coefficient (Wildman–Crippen LogP) is 3.24. The number of hydrogen-bond donors (Lipinski definition) is 1.